The molecule has 1 heterocycles. The fourth-order valence-corrected chi connectivity index (χ4v) is 3.28. The highest BCUT2D eigenvalue weighted by Crippen LogP contribution is 2.41. The van der Waals surface area contributed by atoms with E-state index in [4.69, 9.17) is 18.9 Å². The van der Waals surface area contributed by atoms with Gasteiger partial charge in [0.25, 0.3) is 0 Å². The van der Waals surface area contributed by atoms with E-state index in [2.05, 4.69) is 5.32 Å². The minimum atomic E-state index is -0.677. The average molecular weight is 389 g/mol. The van der Waals surface area contributed by atoms with E-state index < -0.39 is 17.9 Å². The Morgan fingerprint density at radius 2 is 1.29 bits per heavy atom. The molecule has 1 aliphatic rings. The summed E-state index contributed by atoms with van der Waals surface area (Å²) in [7, 11) is 3.09. The lowest BCUT2D eigenvalue weighted by Gasteiger charge is -2.30. The molecule has 1 N–H and O–H groups in total. The third-order valence-electron chi connectivity index (χ3n) is 4.46. The van der Waals surface area contributed by atoms with Crippen LogP contribution in [0.3, 0.4) is 0 Å². The molecule has 0 fully saturated rings. The standard InChI is InChI=1S/C21H27NO6/c1-7-27-20(23)17-12(3)22-13(4)18(21(24)28-8-2)19(17)14-9-15(25-5)11-16(10-14)26-6/h9-11,19,22H,7-8H2,1-6H3. The molecule has 0 radical (unpaired) electrons. The molecule has 7 heteroatoms. The molecule has 28 heavy (non-hydrogen) atoms. The number of benzene rings is 1. The molecule has 2 rings (SSSR count). The number of ether oxygens (including phenoxy) is 4. The molecule has 152 valence electrons. The van der Waals surface area contributed by atoms with Crippen molar-refractivity contribution >= 4 is 11.9 Å². The number of carbonyl (C=O) groups excluding carboxylic acids is 2. The van der Waals surface area contributed by atoms with E-state index >= 15 is 0 Å². The molecular weight excluding hydrogens is 362 g/mol. The summed E-state index contributed by atoms with van der Waals surface area (Å²) in [5, 5.41) is 3.11. The predicted octanol–water partition coefficient (Wildman–Crippen LogP) is 3.06. The van der Waals surface area contributed by atoms with Crippen molar-refractivity contribution in [1.82, 2.24) is 5.32 Å². The predicted molar refractivity (Wildman–Crippen MR) is 104 cm³/mol. The maximum Gasteiger partial charge on any atom is 0.336 e. The van der Waals surface area contributed by atoms with Crippen molar-refractivity contribution in [2.75, 3.05) is 27.4 Å². The summed E-state index contributed by atoms with van der Waals surface area (Å²) in [6.45, 7) is 7.48. The van der Waals surface area contributed by atoms with Gasteiger partial charge in [0.2, 0.25) is 0 Å². The molecule has 0 spiro atoms. The Labute approximate surface area is 165 Å². The van der Waals surface area contributed by atoms with Crippen LogP contribution in [0.15, 0.2) is 40.7 Å². The molecule has 0 atom stereocenters. The number of dihydropyridines is 1. The Morgan fingerprint density at radius 1 is 0.857 bits per heavy atom. The van der Waals surface area contributed by atoms with Gasteiger partial charge in [0.15, 0.2) is 0 Å². The van der Waals surface area contributed by atoms with Crippen molar-refractivity contribution in [3.8, 4) is 11.5 Å². The lowest BCUT2D eigenvalue weighted by atomic mass is 9.80. The van der Waals surface area contributed by atoms with E-state index in [0.717, 1.165) is 0 Å². The summed E-state index contributed by atoms with van der Waals surface area (Å²) in [4.78, 5) is 25.6. The molecule has 0 amide bonds. The Morgan fingerprint density at radius 3 is 1.64 bits per heavy atom. The van der Waals surface area contributed by atoms with Gasteiger partial charge in [0.05, 0.1) is 44.5 Å². The second-order valence-corrected chi connectivity index (χ2v) is 6.22. The third-order valence-corrected chi connectivity index (χ3v) is 4.46. The quantitative estimate of drug-likeness (QED) is 0.718. The van der Waals surface area contributed by atoms with Crippen LogP contribution in [0.25, 0.3) is 0 Å². The smallest absolute Gasteiger partial charge is 0.336 e. The number of rotatable bonds is 7. The van der Waals surface area contributed by atoms with Crippen LogP contribution in [0.4, 0.5) is 0 Å². The molecule has 0 saturated carbocycles. The van der Waals surface area contributed by atoms with Crippen molar-refractivity contribution in [1.29, 1.82) is 0 Å². The van der Waals surface area contributed by atoms with Crippen molar-refractivity contribution in [2.24, 2.45) is 0 Å². The van der Waals surface area contributed by atoms with Crippen LogP contribution in [-0.4, -0.2) is 39.4 Å². The summed E-state index contributed by atoms with van der Waals surface area (Å²) in [6.07, 6.45) is 0. The summed E-state index contributed by atoms with van der Waals surface area (Å²) in [5.74, 6) is -0.560. The molecule has 0 unspecified atom stereocenters. The lowest BCUT2D eigenvalue weighted by molar-refractivity contribution is -0.139. The van der Waals surface area contributed by atoms with Crippen molar-refractivity contribution in [3.05, 3.63) is 46.3 Å². The number of hydrogen-bond acceptors (Lipinski definition) is 7. The van der Waals surface area contributed by atoms with Gasteiger partial charge in [-0.3, -0.25) is 0 Å². The van der Waals surface area contributed by atoms with Crippen molar-refractivity contribution in [3.63, 3.8) is 0 Å². The number of carbonyl (C=O) groups is 2. The summed E-state index contributed by atoms with van der Waals surface area (Å²) in [5.41, 5.74) is 2.62. The van der Waals surface area contributed by atoms with E-state index in [1.54, 1.807) is 60.1 Å². The van der Waals surface area contributed by atoms with Gasteiger partial charge in [-0.25, -0.2) is 9.59 Å². The van der Waals surface area contributed by atoms with Gasteiger partial charge >= 0.3 is 11.9 Å². The lowest BCUT2D eigenvalue weighted by Crippen LogP contribution is -2.32. The SMILES string of the molecule is CCOC(=O)C1=C(C)NC(C)=C(C(=O)OCC)C1c1cc(OC)cc(OC)c1. The van der Waals surface area contributed by atoms with E-state index in [1.165, 1.54) is 0 Å². The molecule has 1 aromatic rings. The monoisotopic (exact) mass is 389 g/mol. The van der Waals surface area contributed by atoms with Crippen molar-refractivity contribution in [2.45, 2.75) is 33.6 Å². The molecule has 0 bridgehead atoms. The largest absolute Gasteiger partial charge is 0.497 e. The fourth-order valence-electron chi connectivity index (χ4n) is 3.28. The van der Waals surface area contributed by atoms with Gasteiger partial charge in [-0.1, -0.05) is 0 Å². The topological polar surface area (TPSA) is 83.1 Å². The Balaban J connectivity index is 2.72. The molecule has 1 aromatic carbocycles. The van der Waals surface area contributed by atoms with E-state index in [-0.39, 0.29) is 13.2 Å². The van der Waals surface area contributed by atoms with Gasteiger partial charge in [-0.2, -0.15) is 0 Å². The first-order valence-electron chi connectivity index (χ1n) is 9.13. The van der Waals surface area contributed by atoms with Gasteiger partial charge in [-0.15, -0.1) is 0 Å². The Hall–Kier alpha value is -2.96. The Bertz CT molecular complexity index is 762. The number of nitrogens with one attached hydrogen (secondary N) is 1. The average Bonchev–Trinajstić information content (AvgIpc) is 2.67. The zero-order valence-electron chi connectivity index (χ0n) is 17.2. The van der Waals surface area contributed by atoms with Crippen LogP contribution in [0.2, 0.25) is 0 Å². The first-order chi connectivity index (χ1) is 13.4. The van der Waals surface area contributed by atoms with Gasteiger partial charge in [0, 0.05) is 17.5 Å². The number of esters is 2. The molecule has 0 aliphatic carbocycles. The molecule has 1 aliphatic heterocycles. The second-order valence-electron chi connectivity index (χ2n) is 6.22. The molecule has 7 nitrogen and oxygen atoms in total. The van der Waals surface area contributed by atoms with E-state index in [0.29, 0.717) is 39.6 Å². The Kier molecular flexibility index (Phi) is 7.09. The summed E-state index contributed by atoms with van der Waals surface area (Å²) < 4.78 is 21.3. The molecule has 0 aromatic heterocycles. The normalized spacial score (nSPS) is 14.5. The second kappa shape index (κ2) is 9.30. The maximum absolute atomic E-state index is 12.8. The first-order valence-corrected chi connectivity index (χ1v) is 9.13. The fraction of sp³-hybridized carbons (Fsp3) is 0.429. The zero-order valence-corrected chi connectivity index (χ0v) is 17.2. The minimum absolute atomic E-state index is 0.223. The molecule has 0 saturated heterocycles. The minimum Gasteiger partial charge on any atom is -0.497 e. The highest BCUT2D eigenvalue weighted by molar-refractivity contribution is 6.00. The number of methoxy groups -OCH3 is 2. The summed E-state index contributed by atoms with van der Waals surface area (Å²) >= 11 is 0. The van der Waals surface area contributed by atoms with Gasteiger partial charge in [0.1, 0.15) is 11.5 Å². The van der Waals surface area contributed by atoms with Gasteiger partial charge < -0.3 is 24.3 Å². The maximum atomic E-state index is 12.8. The van der Waals surface area contributed by atoms with E-state index in [9.17, 15) is 9.59 Å². The first kappa shape index (κ1) is 21.3. The van der Waals surface area contributed by atoms with Crippen LogP contribution in [-0.2, 0) is 19.1 Å². The highest BCUT2D eigenvalue weighted by atomic mass is 16.5. The van der Waals surface area contributed by atoms with Crippen LogP contribution >= 0.6 is 0 Å². The summed E-state index contributed by atoms with van der Waals surface area (Å²) in [6, 6.07) is 5.28. The van der Waals surface area contributed by atoms with Crippen LogP contribution < -0.4 is 14.8 Å². The van der Waals surface area contributed by atoms with Gasteiger partial charge in [-0.05, 0) is 45.4 Å². The molecular formula is C21H27NO6. The van der Waals surface area contributed by atoms with Crippen molar-refractivity contribution < 1.29 is 28.5 Å². The highest BCUT2D eigenvalue weighted by Gasteiger charge is 2.38. The number of hydrogen-bond donors (Lipinski definition) is 1. The van der Waals surface area contributed by atoms with E-state index in [1.807, 2.05) is 0 Å². The third kappa shape index (κ3) is 4.30. The van der Waals surface area contributed by atoms with Crippen LogP contribution in [0.5, 0.6) is 11.5 Å². The number of allylic oxidation sites excluding steroid dienone is 2. The van der Waals surface area contributed by atoms with Crippen LogP contribution in [0.1, 0.15) is 39.2 Å². The zero-order chi connectivity index (χ0) is 20.8. The van der Waals surface area contributed by atoms with Crippen LogP contribution in [0, 0.1) is 0 Å².